The van der Waals surface area contributed by atoms with Crippen LogP contribution in [0.25, 0.3) is 0 Å². The summed E-state index contributed by atoms with van der Waals surface area (Å²) in [6.07, 6.45) is 2.96. The van der Waals surface area contributed by atoms with Crippen molar-refractivity contribution in [1.29, 1.82) is 0 Å². The second-order valence-corrected chi connectivity index (χ2v) is 9.05. The molecule has 166 valence electrons. The molecule has 3 rings (SSSR count). The summed E-state index contributed by atoms with van der Waals surface area (Å²) in [6, 6.07) is 18.0. The number of aryl methyl sites for hydroxylation is 1. The highest BCUT2D eigenvalue weighted by Crippen LogP contribution is 2.23. The number of carbonyl (C=O) groups is 2. The van der Waals surface area contributed by atoms with E-state index in [-0.39, 0.29) is 11.8 Å². The van der Waals surface area contributed by atoms with Gasteiger partial charge in [-0.05, 0) is 56.4 Å². The maximum atomic E-state index is 13.0. The van der Waals surface area contributed by atoms with Gasteiger partial charge in [-0.1, -0.05) is 42.5 Å². The fraction of sp³-hybridized carbons (Fsp3) is 0.462. The van der Waals surface area contributed by atoms with Gasteiger partial charge in [0.25, 0.3) is 0 Å². The third kappa shape index (κ3) is 6.58. The van der Waals surface area contributed by atoms with E-state index in [1.54, 1.807) is 4.90 Å². The maximum Gasteiger partial charge on any atom is 0.231 e. The number of carbonyl (C=O) groups excluding carboxylic acids is 2. The van der Waals surface area contributed by atoms with Crippen molar-refractivity contribution in [3.63, 3.8) is 0 Å². The Morgan fingerprint density at radius 2 is 1.77 bits per heavy atom. The first kappa shape index (κ1) is 22.9. The van der Waals surface area contributed by atoms with Crippen LogP contribution >= 0.6 is 0 Å². The molecule has 5 heteroatoms. The fourth-order valence-electron chi connectivity index (χ4n) is 3.90. The molecule has 1 aliphatic heterocycles. The predicted octanol–water partition coefficient (Wildman–Crippen LogP) is 4.31. The second-order valence-electron chi connectivity index (χ2n) is 9.05. The molecular weight excluding hydrogens is 388 g/mol. The monoisotopic (exact) mass is 422 g/mol. The second kappa shape index (κ2) is 10.5. The van der Waals surface area contributed by atoms with Gasteiger partial charge in [0.1, 0.15) is 12.4 Å². The normalized spacial score (nSPS) is 17.6. The summed E-state index contributed by atoms with van der Waals surface area (Å²) in [5.41, 5.74) is 1.63. The van der Waals surface area contributed by atoms with Gasteiger partial charge in [-0.15, -0.1) is 0 Å². The lowest BCUT2D eigenvalue weighted by Crippen LogP contribution is -2.42. The van der Waals surface area contributed by atoms with Crippen molar-refractivity contribution in [3.05, 3.63) is 65.7 Å². The summed E-state index contributed by atoms with van der Waals surface area (Å²) in [6.45, 7) is 6.11. The highest BCUT2D eigenvalue weighted by Gasteiger charge is 2.31. The van der Waals surface area contributed by atoms with E-state index >= 15 is 0 Å². The molecule has 0 aliphatic carbocycles. The molecule has 1 aliphatic rings. The van der Waals surface area contributed by atoms with Gasteiger partial charge in [0, 0.05) is 33.1 Å². The Bertz CT molecular complexity index is 879. The lowest BCUT2D eigenvalue weighted by molar-refractivity contribution is -0.140. The van der Waals surface area contributed by atoms with Gasteiger partial charge >= 0.3 is 0 Å². The van der Waals surface area contributed by atoms with E-state index < -0.39 is 5.41 Å². The zero-order chi connectivity index (χ0) is 22.3. The number of ether oxygens (including phenoxy) is 1. The molecule has 2 aromatic rings. The van der Waals surface area contributed by atoms with E-state index in [2.05, 4.69) is 12.1 Å². The van der Waals surface area contributed by atoms with E-state index in [1.165, 1.54) is 5.56 Å². The first-order valence-electron chi connectivity index (χ1n) is 11.1. The van der Waals surface area contributed by atoms with Gasteiger partial charge in [-0.2, -0.15) is 0 Å². The SMILES string of the molecule is CN1CCCCN(C(=O)CCc2ccccc2)Cc2cccc(c2)OCC(C)(C)C1=O. The summed E-state index contributed by atoms with van der Waals surface area (Å²) in [7, 11) is 1.85. The third-order valence-corrected chi connectivity index (χ3v) is 5.79. The van der Waals surface area contributed by atoms with Crippen LogP contribution in [-0.2, 0) is 22.6 Å². The van der Waals surface area contributed by atoms with Crippen LogP contribution in [0.15, 0.2) is 54.6 Å². The molecule has 31 heavy (non-hydrogen) atoms. The van der Waals surface area contributed by atoms with Gasteiger partial charge in [-0.3, -0.25) is 9.59 Å². The predicted molar refractivity (Wildman–Crippen MR) is 123 cm³/mol. The Balaban J connectivity index is 1.74. The molecule has 1 heterocycles. The van der Waals surface area contributed by atoms with Gasteiger partial charge in [0.15, 0.2) is 0 Å². The van der Waals surface area contributed by atoms with E-state index in [0.29, 0.717) is 32.7 Å². The number of fused-ring (bicyclic) bond motifs is 2. The molecule has 0 N–H and O–H groups in total. The molecular formula is C26H34N2O3. The molecule has 2 aromatic carbocycles. The van der Waals surface area contributed by atoms with Crippen LogP contribution in [0, 0.1) is 5.41 Å². The van der Waals surface area contributed by atoms with E-state index in [4.69, 9.17) is 4.74 Å². The zero-order valence-corrected chi connectivity index (χ0v) is 19.0. The minimum Gasteiger partial charge on any atom is -0.492 e. The van der Waals surface area contributed by atoms with Crippen LogP contribution in [-0.4, -0.2) is 48.4 Å². The maximum absolute atomic E-state index is 13.0. The van der Waals surface area contributed by atoms with Crippen molar-refractivity contribution < 1.29 is 14.3 Å². The Hall–Kier alpha value is -2.82. The Labute approximate surface area is 186 Å². The van der Waals surface area contributed by atoms with Crippen LogP contribution < -0.4 is 4.74 Å². The average molecular weight is 423 g/mol. The standard InChI is InChI=1S/C26H34N2O3/c1-26(2)20-31-23-13-9-12-22(18-23)19-28(17-8-7-16-27(3)25(26)30)24(29)15-14-21-10-5-4-6-11-21/h4-6,9-13,18H,7-8,14-17,19-20H2,1-3H3. The Morgan fingerprint density at radius 3 is 2.55 bits per heavy atom. The van der Waals surface area contributed by atoms with E-state index in [0.717, 1.165) is 30.6 Å². The highest BCUT2D eigenvalue weighted by molar-refractivity contribution is 5.82. The summed E-state index contributed by atoms with van der Waals surface area (Å²) in [5.74, 6) is 0.971. The summed E-state index contributed by atoms with van der Waals surface area (Å²) in [5, 5.41) is 0. The van der Waals surface area contributed by atoms with Crippen LogP contribution in [0.5, 0.6) is 5.75 Å². The molecule has 0 radical (unpaired) electrons. The lowest BCUT2D eigenvalue weighted by atomic mass is 9.92. The van der Waals surface area contributed by atoms with Crippen molar-refractivity contribution in [1.82, 2.24) is 9.80 Å². The number of rotatable bonds is 3. The van der Waals surface area contributed by atoms with E-state index in [9.17, 15) is 9.59 Å². The van der Waals surface area contributed by atoms with Gasteiger partial charge in [0.2, 0.25) is 11.8 Å². The lowest BCUT2D eigenvalue weighted by Gasteiger charge is -2.30. The van der Waals surface area contributed by atoms with Crippen molar-refractivity contribution in [3.8, 4) is 5.75 Å². The van der Waals surface area contributed by atoms with Gasteiger partial charge in [0.05, 0.1) is 5.41 Å². The zero-order valence-electron chi connectivity index (χ0n) is 19.0. The number of hydrogen-bond donors (Lipinski definition) is 0. The fourth-order valence-corrected chi connectivity index (χ4v) is 3.90. The van der Waals surface area contributed by atoms with Crippen molar-refractivity contribution >= 4 is 11.8 Å². The molecule has 0 unspecified atom stereocenters. The number of hydrogen-bond acceptors (Lipinski definition) is 3. The largest absolute Gasteiger partial charge is 0.492 e. The van der Waals surface area contributed by atoms with Crippen molar-refractivity contribution in [2.45, 2.75) is 46.1 Å². The molecule has 5 nitrogen and oxygen atoms in total. The van der Waals surface area contributed by atoms with Crippen LogP contribution in [0.3, 0.4) is 0 Å². The minimum atomic E-state index is -0.589. The Kier molecular flexibility index (Phi) is 7.72. The number of nitrogens with zero attached hydrogens (tertiary/aromatic N) is 2. The Morgan fingerprint density at radius 1 is 1.03 bits per heavy atom. The molecule has 0 aromatic heterocycles. The number of amides is 2. The molecule has 0 fully saturated rings. The third-order valence-electron chi connectivity index (χ3n) is 5.79. The summed E-state index contributed by atoms with van der Waals surface area (Å²) in [4.78, 5) is 29.6. The number of benzene rings is 2. The molecule has 0 atom stereocenters. The first-order valence-corrected chi connectivity index (χ1v) is 11.1. The molecule has 2 amide bonds. The smallest absolute Gasteiger partial charge is 0.231 e. The highest BCUT2D eigenvalue weighted by atomic mass is 16.5. The summed E-state index contributed by atoms with van der Waals surface area (Å²) >= 11 is 0. The van der Waals surface area contributed by atoms with Gasteiger partial charge < -0.3 is 14.5 Å². The van der Waals surface area contributed by atoms with Crippen LogP contribution in [0.4, 0.5) is 0 Å². The van der Waals surface area contributed by atoms with Crippen LogP contribution in [0.2, 0.25) is 0 Å². The van der Waals surface area contributed by atoms with Crippen molar-refractivity contribution in [2.24, 2.45) is 5.41 Å². The quantitative estimate of drug-likeness (QED) is 0.741. The molecule has 2 bridgehead atoms. The van der Waals surface area contributed by atoms with Crippen molar-refractivity contribution in [2.75, 3.05) is 26.7 Å². The molecule has 0 saturated heterocycles. The minimum absolute atomic E-state index is 0.0801. The van der Waals surface area contributed by atoms with E-state index in [1.807, 2.05) is 68.3 Å². The first-order chi connectivity index (χ1) is 14.8. The van der Waals surface area contributed by atoms with Crippen LogP contribution in [0.1, 0.15) is 44.2 Å². The average Bonchev–Trinajstić information content (AvgIpc) is 2.78. The molecule has 0 spiro atoms. The van der Waals surface area contributed by atoms with Gasteiger partial charge in [-0.25, -0.2) is 0 Å². The topological polar surface area (TPSA) is 49.9 Å². The molecule has 0 saturated carbocycles. The summed E-state index contributed by atoms with van der Waals surface area (Å²) < 4.78 is 5.98.